The van der Waals surface area contributed by atoms with E-state index in [0.29, 0.717) is 13.2 Å². The Labute approximate surface area is 103 Å². The van der Waals surface area contributed by atoms with Gasteiger partial charge in [0.1, 0.15) is 12.1 Å². The highest BCUT2D eigenvalue weighted by atomic mass is 32.1. The average Bonchev–Trinajstić information content (AvgIpc) is 2.86. The lowest BCUT2D eigenvalue weighted by Gasteiger charge is -2.35. The fraction of sp³-hybridized carbons (Fsp3) is 0.455. The Morgan fingerprint density at radius 1 is 1.53 bits per heavy atom. The number of rotatable bonds is 2. The van der Waals surface area contributed by atoms with Crippen LogP contribution in [0.5, 0.6) is 0 Å². The molecule has 90 valence electrons. The first-order chi connectivity index (χ1) is 8.40. The number of aromatic nitrogens is 2. The first kappa shape index (κ1) is 10.9. The van der Waals surface area contributed by atoms with Crippen LogP contribution in [-0.4, -0.2) is 42.3 Å². The van der Waals surface area contributed by atoms with Gasteiger partial charge in [0.05, 0.1) is 29.5 Å². The fourth-order valence-corrected chi connectivity index (χ4v) is 2.96. The van der Waals surface area contributed by atoms with Gasteiger partial charge in [0.2, 0.25) is 0 Å². The van der Waals surface area contributed by atoms with E-state index in [1.165, 1.54) is 0 Å². The van der Waals surface area contributed by atoms with Gasteiger partial charge in [0.15, 0.2) is 0 Å². The maximum absolute atomic E-state index is 5.79. The Balaban J connectivity index is 2.04. The van der Waals surface area contributed by atoms with Crippen LogP contribution in [0.4, 0.5) is 5.82 Å². The van der Waals surface area contributed by atoms with E-state index in [9.17, 15) is 0 Å². The van der Waals surface area contributed by atoms with Crippen molar-refractivity contribution in [2.75, 3.05) is 31.2 Å². The highest BCUT2D eigenvalue weighted by molar-refractivity contribution is 7.17. The van der Waals surface area contributed by atoms with E-state index < -0.39 is 0 Å². The molecule has 17 heavy (non-hydrogen) atoms. The second kappa shape index (κ2) is 4.56. The second-order valence-corrected chi connectivity index (χ2v) is 4.91. The number of hydrogen-bond acceptors (Lipinski definition) is 6. The molecule has 2 N–H and O–H groups in total. The standard InChI is InChI=1S/C11H14N4OS/c12-5-8-6-16-3-2-15(8)11-10-9(1-4-17-10)13-7-14-11/h1,4,7-8H,2-3,5-6,12H2. The molecule has 1 fully saturated rings. The number of morpholine rings is 1. The molecular weight excluding hydrogens is 236 g/mol. The number of nitrogens with zero attached hydrogens (tertiary/aromatic N) is 3. The third-order valence-electron chi connectivity index (χ3n) is 3.00. The minimum atomic E-state index is 0.212. The van der Waals surface area contributed by atoms with Crippen LogP contribution in [0.2, 0.25) is 0 Å². The Morgan fingerprint density at radius 2 is 2.47 bits per heavy atom. The zero-order valence-corrected chi connectivity index (χ0v) is 10.2. The van der Waals surface area contributed by atoms with Gasteiger partial charge in [-0.15, -0.1) is 11.3 Å². The molecule has 2 aromatic rings. The number of nitrogens with two attached hydrogens (primary N) is 1. The van der Waals surface area contributed by atoms with Crippen LogP contribution in [0.25, 0.3) is 10.2 Å². The van der Waals surface area contributed by atoms with Crippen molar-refractivity contribution in [3.8, 4) is 0 Å². The maximum Gasteiger partial charge on any atom is 0.150 e. The number of hydrogen-bond donors (Lipinski definition) is 1. The van der Waals surface area contributed by atoms with Gasteiger partial charge in [-0.1, -0.05) is 0 Å². The Morgan fingerprint density at radius 3 is 3.35 bits per heavy atom. The van der Waals surface area contributed by atoms with Crippen LogP contribution in [0.1, 0.15) is 0 Å². The lowest BCUT2D eigenvalue weighted by Crippen LogP contribution is -2.49. The summed E-state index contributed by atoms with van der Waals surface area (Å²) in [7, 11) is 0. The zero-order valence-electron chi connectivity index (χ0n) is 9.37. The molecule has 2 aromatic heterocycles. The van der Waals surface area contributed by atoms with E-state index in [4.69, 9.17) is 10.5 Å². The normalized spacial score (nSPS) is 21.0. The first-order valence-electron chi connectivity index (χ1n) is 5.63. The Bertz CT molecular complexity index is 515. The van der Waals surface area contributed by atoms with Gasteiger partial charge in [-0.05, 0) is 11.4 Å². The predicted octanol–water partition coefficient (Wildman–Crippen LogP) is 0.855. The maximum atomic E-state index is 5.79. The van der Waals surface area contributed by atoms with Gasteiger partial charge in [0, 0.05) is 13.1 Å². The van der Waals surface area contributed by atoms with E-state index >= 15 is 0 Å². The zero-order chi connectivity index (χ0) is 11.7. The number of ether oxygens (including phenoxy) is 1. The van der Waals surface area contributed by atoms with Gasteiger partial charge in [-0.25, -0.2) is 9.97 Å². The lowest BCUT2D eigenvalue weighted by molar-refractivity contribution is 0.0960. The third kappa shape index (κ3) is 1.88. The van der Waals surface area contributed by atoms with Crippen molar-refractivity contribution in [3.63, 3.8) is 0 Å². The van der Waals surface area contributed by atoms with E-state index in [0.717, 1.165) is 29.2 Å². The van der Waals surface area contributed by atoms with Crippen LogP contribution < -0.4 is 10.6 Å². The second-order valence-electron chi connectivity index (χ2n) is 3.99. The number of thiophene rings is 1. The number of anilines is 1. The molecular formula is C11H14N4OS. The monoisotopic (exact) mass is 250 g/mol. The van der Waals surface area contributed by atoms with Crippen molar-refractivity contribution in [2.45, 2.75) is 6.04 Å². The molecule has 0 aliphatic carbocycles. The SMILES string of the molecule is NCC1COCCN1c1ncnc2ccsc12. The Hall–Kier alpha value is -1.24. The summed E-state index contributed by atoms with van der Waals surface area (Å²) in [5.74, 6) is 0.990. The van der Waals surface area contributed by atoms with Gasteiger partial charge < -0.3 is 15.4 Å². The summed E-state index contributed by atoms with van der Waals surface area (Å²) in [6, 6.07) is 2.23. The summed E-state index contributed by atoms with van der Waals surface area (Å²) >= 11 is 1.67. The molecule has 0 amide bonds. The van der Waals surface area contributed by atoms with E-state index in [1.54, 1.807) is 17.7 Å². The number of fused-ring (bicyclic) bond motifs is 1. The molecule has 0 saturated carbocycles. The molecule has 1 aliphatic rings. The van der Waals surface area contributed by atoms with E-state index in [1.807, 2.05) is 11.4 Å². The minimum Gasteiger partial charge on any atom is -0.377 e. The van der Waals surface area contributed by atoms with Crippen molar-refractivity contribution < 1.29 is 4.74 Å². The molecule has 1 saturated heterocycles. The van der Waals surface area contributed by atoms with Crippen LogP contribution >= 0.6 is 11.3 Å². The van der Waals surface area contributed by atoms with Crippen molar-refractivity contribution in [1.29, 1.82) is 0 Å². The molecule has 6 heteroatoms. The molecule has 1 unspecified atom stereocenters. The van der Waals surface area contributed by atoms with Crippen molar-refractivity contribution in [2.24, 2.45) is 5.73 Å². The third-order valence-corrected chi connectivity index (χ3v) is 3.90. The van der Waals surface area contributed by atoms with Gasteiger partial charge in [0.25, 0.3) is 0 Å². The summed E-state index contributed by atoms with van der Waals surface area (Å²) in [6.07, 6.45) is 1.62. The van der Waals surface area contributed by atoms with Gasteiger partial charge >= 0.3 is 0 Å². The van der Waals surface area contributed by atoms with Crippen LogP contribution in [0.15, 0.2) is 17.8 Å². The van der Waals surface area contributed by atoms with Crippen LogP contribution in [0.3, 0.4) is 0 Å². The highest BCUT2D eigenvalue weighted by Gasteiger charge is 2.24. The molecule has 0 aromatic carbocycles. The molecule has 1 aliphatic heterocycles. The van der Waals surface area contributed by atoms with Crippen LogP contribution in [0, 0.1) is 0 Å². The summed E-state index contributed by atoms with van der Waals surface area (Å²) in [5.41, 5.74) is 6.79. The van der Waals surface area contributed by atoms with Crippen LogP contribution in [-0.2, 0) is 4.74 Å². The minimum absolute atomic E-state index is 0.212. The van der Waals surface area contributed by atoms with E-state index in [2.05, 4.69) is 14.9 Å². The van der Waals surface area contributed by atoms with Gasteiger partial charge in [-0.2, -0.15) is 0 Å². The smallest absolute Gasteiger partial charge is 0.150 e. The first-order valence-corrected chi connectivity index (χ1v) is 6.51. The summed E-state index contributed by atoms with van der Waals surface area (Å²) in [6.45, 7) is 2.82. The summed E-state index contributed by atoms with van der Waals surface area (Å²) in [4.78, 5) is 10.9. The molecule has 3 rings (SSSR count). The van der Waals surface area contributed by atoms with Crippen molar-refractivity contribution in [1.82, 2.24) is 9.97 Å². The molecule has 1 atom stereocenters. The van der Waals surface area contributed by atoms with Gasteiger partial charge in [-0.3, -0.25) is 0 Å². The average molecular weight is 250 g/mol. The van der Waals surface area contributed by atoms with E-state index in [-0.39, 0.29) is 6.04 Å². The molecule has 5 nitrogen and oxygen atoms in total. The summed E-state index contributed by atoms with van der Waals surface area (Å²) in [5, 5.41) is 2.04. The quantitative estimate of drug-likeness (QED) is 0.856. The molecule has 3 heterocycles. The fourth-order valence-electron chi connectivity index (χ4n) is 2.11. The Kier molecular flexibility index (Phi) is 2.92. The van der Waals surface area contributed by atoms with Crippen molar-refractivity contribution >= 4 is 27.4 Å². The highest BCUT2D eigenvalue weighted by Crippen LogP contribution is 2.29. The topological polar surface area (TPSA) is 64.3 Å². The molecule has 0 spiro atoms. The lowest BCUT2D eigenvalue weighted by atomic mass is 10.2. The largest absolute Gasteiger partial charge is 0.377 e. The van der Waals surface area contributed by atoms with Crippen molar-refractivity contribution in [3.05, 3.63) is 17.8 Å². The molecule has 0 bridgehead atoms. The summed E-state index contributed by atoms with van der Waals surface area (Å²) < 4.78 is 6.59. The predicted molar refractivity (Wildman–Crippen MR) is 68.4 cm³/mol. The molecule has 0 radical (unpaired) electrons.